The van der Waals surface area contributed by atoms with Gasteiger partial charge in [-0.25, -0.2) is 4.98 Å². The monoisotopic (exact) mass is 509 g/mol. The van der Waals surface area contributed by atoms with Crippen LogP contribution in [0.4, 0.5) is 18.9 Å². The summed E-state index contributed by atoms with van der Waals surface area (Å²) in [6, 6.07) is 12.5. The predicted molar refractivity (Wildman–Crippen MR) is 126 cm³/mol. The van der Waals surface area contributed by atoms with Gasteiger partial charge in [-0.1, -0.05) is 41.7 Å². The number of aromatic nitrogens is 4. The van der Waals surface area contributed by atoms with E-state index < -0.39 is 17.6 Å². The maximum absolute atomic E-state index is 12.8. The smallest absolute Gasteiger partial charge is 0.325 e. The van der Waals surface area contributed by atoms with Gasteiger partial charge in [-0.05, 0) is 37.3 Å². The highest BCUT2D eigenvalue weighted by Crippen LogP contribution is 2.32. The molecule has 0 saturated heterocycles. The van der Waals surface area contributed by atoms with Gasteiger partial charge in [0.05, 0.1) is 27.3 Å². The number of thiazole rings is 1. The highest BCUT2D eigenvalue weighted by Gasteiger charge is 2.30. The second kappa shape index (κ2) is 10.1. The Morgan fingerprint density at radius 3 is 2.70 bits per heavy atom. The summed E-state index contributed by atoms with van der Waals surface area (Å²) >= 11 is 4.38. The van der Waals surface area contributed by atoms with Gasteiger partial charge in [0.15, 0.2) is 9.50 Å². The number of rotatable bonds is 8. The van der Waals surface area contributed by atoms with E-state index in [0.717, 1.165) is 32.5 Å². The molecular weight excluding hydrogens is 491 g/mol. The van der Waals surface area contributed by atoms with Crippen LogP contribution in [0.15, 0.2) is 58.0 Å². The summed E-state index contributed by atoms with van der Waals surface area (Å²) in [5.74, 6) is 0.926. The van der Waals surface area contributed by atoms with Crippen LogP contribution in [0.1, 0.15) is 18.3 Å². The molecule has 0 bridgehead atoms. The molecule has 2 aromatic carbocycles. The molecule has 172 valence electrons. The number of fused-ring (bicyclic) bond motifs is 1. The lowest BCUT2D eigenvalue weighted by molar-refractivity contribution is -0.137. The number of carbonyl (C=O) groups is 1. The minimum absolute atomic E-state index is 0.000604. The zero-order chi connectivity index (χ0) is 23.4. The Labute approximate surface area is 200 Å². The van der Waals surface area contributed by atoms with Crippen molar-refractivity contribution in [3.63, 3.8) is 0 Å². The molecule has 0 aliphatic rings. The molecule has 4 rings (SSSR count). The first-order valence-corrected chi connectivity index (χ1v) is 12.6. The zero-order valence-corrected chi connectivity index (χ0v) is 19.7. The van der Waals surface area contributed by atoms with Crippen molar-refractivity contribution in [1.82, 2.24) is 19.7 Å². The van der Waals surface area contributed by atoms with Gasteiger partial charge < -0.3 is 9.88 Å². The van der Waals surface area contributed by atoms with E-state index in [0.29, 0.717) is 17.5 Å². The second-order valence-electron chi connectivity index (χ2n) is 6.79. The summed E-state index contributed by atoms with van der Waals surface area (Å²) in [5.41, 5.74) is 0.249. The van der Waals surface area contributed by atoms with E-state index in [1.165, 1.54) is 23.9 Å². The molecule has 6 nitrogen and oxygen atoms in total. The van der Waals surface area contributed by atoms with Crippen LogP contribution < -0.4 is 5.32 Å². The highest BCUT2D eigenvalue weighted by molar-refractivity contribution is 8.00. The molecule has 0 aliphatic heterocycles. The number of alkyl halides is 3. The Morgan fingerprint density at radius 2 is 1.94 bits per heavy atom. The van der Waals surface area contributed by atoms with E-state index in [-0.39, 0.29) is 11.4 Å². The van der Waals surface area contributed by atoms with Gasteiger partial charge in [-0.15, -0.1) is 21.5 Å². The van der Waals surface area contributed by atoms with Gasteiger partial charge in [0.25, 0.3) is 0 Å². The van der Waals surface area contributed by atoms with Crippen molar-refractivity contribution < 1.29 is 18.0 Å². The second-order valence-corrected chi connectivity index (χ2v) is 9.99. The van der Waals surface area contributed by atoms with Crippen molar-refractivity contribution >= 4 is 56.7 Å². The number of para-hydroxylation sites is 1. The fourth-order valence-electron chi connectivity index (χ4n) is 2.99. The normalized spacial score (nSPS) is 11.8. The number of anilines is 1. The molecule has 2 aromatic heterocycles. The van der Waals surface area contributed by atoms with Crippen LogP contribution >= 0.6 is 34.9 Å². The largest absolute Gasteiger partial charge is 0.416 e. The minimum Gasteiger partial charge on any atom is -0.325 e. The third-order valence-corrected chi connectivity index (χ3v) is 7.66. The number of benzene rings is 2. The molecule has 1 N–H and O–H groups in total. The average molecular weight is 510 g/mol. The summed E-state index contributed by atoms with van der Waals surface area (Å²) < 4.78 is 42.5. The van der Waals surface area contributed by atoms with Crippen molar-refractivity contribution in [3.05, 3.63) is 59.9 Å². The lowest BCUT2D eigenvalue weighted by atomic mass is 10.2. The number of halogens is 3. The van der Waals surface area contributed by atoms with Crippen molar-refractivity contribution in [1.29, 1.82) is 0 Å². The van der Waals surface area contributed by atoms with E-state index in [1.54, 1.807) is 23.1 Å². The van der Waals surface area contributed by atoms with Crippen molar-refractivity contribution in [3.8, 4) is 0 Å². The van der Waals surface area contributed by atoms with Crippen molar-refractivity contribution in [2.45, 2.75) is 34.9 Å². The molecule has 0 aliphatic carbocycles. The molecule has 0 atom stereocenters. The van der Waals surface area contributed by atoms with Gasteiger partial charge >= 0.3 is 6.18 Å². The molecule has 1 amide bonds. The molecule has 0 spiro atoms. The number of amides is 1. The lowest BCUT2D eigenvalue weighted by Crippen LogP contribution is -2.15. The SMILES string of the molecule is CCn1c(CSc2nc3ccccc3s2)nnc1SCC(=O)Nc1cccc(C(F)(F)F)c1. The third-order valence-electron chi connectivity index (χ3n) is 4.51. The highest BCUT2D eigenvalue weighted by atomic mass is 32.2. The number of thioether (sulfide) groups is 2. The van der Waals surface area contributed by atoms with Gasteiger partial charge in [0, 0.05) is 12.2 Å². The fraction of sp³-hybridized carbons (Fsp3) is 0.238. The Hall–Kier alpha value is -2.57. The summed E-state index contributed by atoms with van der Waals surface area (Å²) in [6.45, 7) is 2.59. The molecule has 0 fully saturated rings. The Balaban J connectivity index is 1.35. The average Bonchev–Trinajstić information content (AvgIpc) is 3.38. The Morgan fingerprint density at radius 1 is 1.12 bits per heavy atom. The van der Waals surface area contributed by atoms with Gasteiger partial charge in [-0.2, -0.15) is 13.2 Å². The quantitative estimate of drug-likeness (QED) is 0.296. The molecule has 0 saturated carbocycles. The van der Waals surface area contributed by atoms with E-state index in [9.17, 15) is 18.0 Å². The fourth-order valence-corrected chi connectivity index (χ4v) is 5.82. The lowest BCUT2D eigenvalue weighted by Gasteiger charge is -2.10. The van der Waals surface area contributed by atoms with Crippen LogP contribution in [0, 0.1) is 0 Å². The van der Waals surface area contributed by atoms with Gasteiger partial charge in [0.1, 0.15) is 5.82 Å². The summed E-state index contributed by atoms with van der Waals surface area (Å²) in [5, 5.41) is 11.5. The maximum Gasteiger partial charge on any atom is 0.416 e. The molecular formula is C21H18F3N5OS3. The predicted octanol–water partition coefficient (Wildman–Crippen LogP) is 5.95. The number of nitrogens with zero attached hydrogens (tertiary/aromatic N) is 4. The summed E-state index contributed by atoms with van der Waals surface area (Å²) in [6.07, 6.45) is -4.47. The molecule has 4 aromatic rings. The topological polar surface area (TPSA) is 72.7 Å². The molecule has 0 unspecified atom stereocenters. The van der Waals surface area contributed by atoms with Crippen LogP contribution in [0.25, 0.3) is 10.2 Å². The van der Waals surface area contributed by atoms with Crippen LogP contribution in [-0.2, 0) is 23.3 Å². The van der Waals surface area contributed by atoms with Crippen LogP contribution in [0.5, 0.6) is 0 Å². The van der Waals surface area contributed by atoms with Crippen molar-refractivity contribution in [2.24, 2.45) is 0 Å². The number of hydrogen-bond acceptors (Lipinski definition) is 7. The van der Waals surface area contributed by atoms with E-state index in [2.05, 4.69) is 20.5 Å². The zero-order valence-electron chi connectivity index (χ0n) is 17.3. The number of nitrogens with one attached hydrogen (secondary N) is 1. The summed E-state index contributed by atoms with van der Waals surface area (Å²) in [7, 11) is 0. The molecule has 2 heterocycles. The van der Waals surface area contributed by atoms with E-state index in [1.807, 2.05) is 35.8 Å². The number of carbonyl (C=O) groups excluding carboxylic acids is 1. The Kier molecular flexibility index (Phi) is 7.25. The number of hydrogen-bond donors (Lipinski definition) is 1. The van der Waals surface area contributed by atoms with Crippen LogP contribution in [-0.4, -0.2) is 31.4 Å². The van der Waals surface area contributed by atoms with Gasteiger partial charge in [0.2, 0.25) is 5.91 Å². The van der Waals surface area contributed by atoms with E-state index >= 15 is 0 Å². The Bertz CT molecular complexity index is 1240. The summed E-state index contributed by atoms with van der Waals surface area (Å²) in [4.78, 5) is 16.9. The molecule has 33 heavy (non-hydrogen) atoms. The van der Waals surface area contributed by atoms with Gasteiger partial charge in [-0.3, -0.25) is 4.79 Å². The third kappa shape index (κ3) is 5.87. The maximum atomic E-state index is 12.8. The van der Waals surface area contributed by atoms with Crippen molar-refractivity contribution in [2.75, 3.05) is 11.1 Å². The molecule has 12 heteroatoms. The standard InChI is InChI=1S/C21H18F3N5OS3/c1-2-29-17(11-32-20-26-15-8-3-4-9-16(15)33-20)27-28-19(29)31-12-18(30)25-14-7-5-6-13(10-14)21(22,23)24/h3-10H,2,11-12H2,1H3,(H,25,30). The first kappa shape index (κ1) is 23.6. The van der Waals surface area contributed by atoms with Crippen LogP contribution in [0.3, 0.4) is 0 Å². The first-order valence-electron chi connectivity index (χ1n) is 9.84. The molecule has 0 radical (unpaired) electrons. The first-order chi connectivity index (χ1) is 15.8. The van der Waals surface area contributed by atoms with E-state index in [4.69, 9.17) is 0 Å². The minimum atomic E-state index is -4.47. The van der Waals surface area contributed by atoms with Crippen LogP contribution in [0.2, 0.25) is 0 Å².